The van der Waals surface area contributed by atoms with Gasteiger partial charge in [-0.2, -0.15) is 5.10 Å². The average molecular weight is 1650 g/mol. The van der Waals surface area contributed by atoms with Crippen LogP contribution in [-0.2, 0) is 66.5 Å². The summed E-state index contributed by atoms with van der Waals surface area (Å²) in [6.45, 7) is 17.7. The van der Waals surface area contributed by atoms with Gasteiger partial charge >= 0.3 is 0 Å². The second-order valence-corrected chi connectivity index (χ2v) is 35.6. The van der Waals surface area contributed by atoms with E-state index in [0.29, 0.717) is 75.5 Å². The molecule has 3 aliphatic heterocycles. The number of ketones is 1. The molecule has 0 bridgehead atoms. The number of nitrogens with zero attached hydrogens (tertiary/aromatic N) is 9. The van der Waals surface area contributed by atoms with Crippen LogP contribution in [0.4, 0.5) is 13.2 Å². The number of ether oxygens (including phenoxy) is 3. The number of methoxy groups -OCH3 is 3. The van der Waals surface area contributed by atoms with Gasteiger partial charge in [0.05, 0.1) is 68.4 Å². The van der Waals surface area contributed by atoms with Crippen LogP contribution in [0, 0.1) is 17.5 Å². The highest BCUT2D eigenvalue weighted by molar-refractivity contribution is 7.90. The fourth-order valence-corrected chi connectivity index (χ4v) is 17.0. The Bertz CT molecular complexity index is 6250. The van der Waals surface area contributed by atoms with Crippen molar-refractivity contribution in [3.05, 3.63) is 279 Å². The lowest BCUT2D eigenvalue weighted by molar-refractivity contribution is 0.00320. The monoisotopic (exact) mass is 1650 g/mol. The zero-order valence-corrected chi connectivity index (χ0v) is 70.4. The lowest BCUT2D eigenvalue weighted by atomic mass is 9.84. The molecular weight excluding hydrogens is 1560 g/mol. The van der Waals surface area contributed by atoms with Crippen molar-refractivity contribution in [3.63, 3.8) is 0 Å². The number of hydrogen-bond acceptors (Lipinski definition) is 15. The molecule has 16 rings (SSSR count). The number of fused-ring (bicyclic) bond motifs is 6. The maximum Gasteiger partial charge on any atom is 0.251 e. The maximum atomic E-state index is 14.0. The molecule has 1 unspecified atom stereocenters. The molecule has 3 aliphatic rings. The number of sulfone groups is 1. The number of aliphatic imine (C=N–C) groups is 3. The van der Waals surface area contributed by atoms with Gasteiger partial charge in [0.1, 0.15) is 45.5 Å². The van der Waals surface area contributed by atoms with Crippen LogP contribution in [0.15, 0.2) is 210 Å². The third kappa shape index (κ3) is 18.3. The zero-order chi connectivity index (χ0) is 85.9. The van der Waals surface area contributed by atoms with E-state index < -0.39 is 38.3 Å². The Kier molecular flexibility index (Phi) is 24.9. The first-order valence-electron chi connectivity index (χ1n) is 40.0. The van der Waals surface area contributed by atoms with Crippen molar-refractivity contribution in [2.24, 2.45) is 15.0 Å². The van der Waals surface area contributed by atoms with Crippen LogP contribution >= 0.6 is 0 Å². The van der Waals surface area contributed by atoms with Gasteiger partial charge < -0.3 is 48.8 Å². The minimum atomic E-state index is -3.17. The quantitative estimate of drug-likeness (QED) is 0.0334. The second-order valence-electron chi connectivity index (χ2n) is 33.3. The van der Waals surface area contributed by atoms with Gasteiger partial charge in [-0.05, 0) is 197 Å². The Morgan fingerprint density at radius 3 is 1.16 bits per heavy atom. The third-order valence-electron chi connectivity index (χ3n) is 22.2. The van der Waals surface area contributed by atoms with E-state index in [1.54, 1.807) is 80.9 Å². The van der Waals surface area contributed by atoms with E-state index in [9.17, 15) is 46.2 Å². The van der Waals surface area contributed by atoms with E-state index in [0.717, 1.165) is 134 Å². The van der Waals surface area contributed by atoms with Crippen LogP contribution in [0.25, 0.3) is 83.2 Å². The molecule has 21 nitrogen and oxygen atoms in total. The Hall–Kier alpha value is -12.1. The molecule has 121 heavy (non-hydrogen) atoms. The first kappa shape index (κ1) is 85.3. The van der Waals surface area contributed by atoms with Crippen LogP contribution < -0.4 is 10.6 Å². The molecule has 9 aromatic carbocycles. The van der Waals surface area contributed by atoms with E-state index in [2.05, 4.69) is 127 Å². The van der Waals surface area contributed by atoms with Crippen molar-refractivity contribution in [2.45, 2.75) is 109 Å². The van der Waals surface area contributed by atoms with Gasteiger partial charge in [0.15, 0.2) is 5.78 Å². The predicted octanol–water partition coefficient (Wildman–Crippen LogP) is 16.4. The summed E-state index contributed by atoms with van der Waals surface area (Å²) in [4.78, 5) is 55.8. The molecule has 0 aliphatic carbocycles. The normalized spacial score (nSPS) is 13.4. The zero-order valence-electron chi connectivity index (χ0n) is 69.6. The molecule has 25 heteroatoms. The first-order chi connectivity index (χ1) is 57.9. The average Bonchev–Trinajstić information content (AvgIpc) is 1.58. The molecule has 1 atom stereocenters. The maximum absolute atomic E-state index is 14.0. The van der Waals surface area contributed by atoms with Gasteiger partial charge in [0.2, 0.25) is 0 Å². The predicted molar refractivity (Wildman–Crippen MR) is 470 cm³/mol. The number of aromatic nitrogens is 6. The van der Waals surface area contributed by atoms with Gasteiger partial charge in [-0.15, -0.1) is 0 Å². The summed E-state index contributed by atoms with van der Waals surface area (Å²) in [6, 6.07) is 55.1. The number of amides is 2. The number of rotatable bonds is 28. The topological polar surface area (TPSA) is 260 Å². The van der Waals surface area contributed by atoms with Gasteiger partial charge in [-0.1, -0.05) is 90.1 Å². The van der Waals surface area contributed by atoms with E-state index in [-0.39, 0.29) is 53.9 Å². The number of hydrogen-bond donors (Lipinski definition) is 4. The summed E-state index contributed by atoms with van der Waals surface area (Å²) < 4.78 is 90.1. The standard InChI is InChI=1S/C33H32FN5O2.C32H34FN3O4.C31H32FN3O4S/c1-33(2,19-41-3)32-31(23-8-6-22(7-9-23)30(40)5-4-14-38-21-36-20-37-38)28-15-24-17-35-18-25(24)16-29(28)39(32)27-12-10-26(34)11-13-27;1-31(2,19-40-4)29-28(20-5-7-21(8-6-20)30(38)35-17-32(3,39)18-37)26-13-22-15-34-16-23(22)14-27(26)36(29)25-11-9-24(33)10-12-25;1-31(2,19-39-3)29-28(20-5-7-21(8-6-20)30(36)34-13-14-40(4,37)38)26-15-22-17-33-18-23(22)16-27(26)35(29)25-11-9-24(32)10-12-25/h6-13,15-16,18,20-21H,4-5,14,17,19H2,1-3H3;5-14,16,37,39H,15,17-19H2,1-4H3,(H,35,38);5-12,15-16,18H,13-14,17,19H2,1-4H3,(H,34,36). The molecule has 624 valence electrons. The number of carbonyl (C=O) groups is 3. The summed E-state index contributed by atoms with van der Waals surface area (Å²) in [5.41, 5.74) is 20.0. The summed E-state index contributed by atoms with van der Waals surface area (Å²) >= 11 is 0. The molecule has 13 aromatic rings. The fourth-order valence-electron chi connectivity index (χ4n) is 16.5. The number of benzene rings is 9. The highest BCUT2D eigenvalue weighted by atomic mass is 32.2. The molecule has 0 saturated carbocycles. The van der Waals surface area contributed by atoms with Crippen LogP contribution in [-0.4, -0.2) is 162 Å². The number of aliphatic hydroxyl groups excluding tert-OH is 1. The van der Waals surface area contributed by atoms with Crippen molar-refractivity contribution in [1.29, 1.82) is 0 Å². The molecule has 4 aromatic heterocycles. The van der Waals surface area contributed by atoms with Crippen molar-refractivity contribution in [1.82, 2.24) is 39.1 Å². The van der Waals surface area contributed by atoms with Crippen molar-refractivity contribution >= 4 is 78.8 Å². The molecule has 7 heterocycles. The minimum absolute atomic E-state index is 0.0487. The highest BCUT2D eigenvalue weighted by Gasteiger charge is 2.37. The van der Waals surface area contributed by atoms with Gasteiger partial charge in [-0.3, -0.25) is 34.0 Å². The van der Waals surface area contributed by atoms with Crippen LogP contribution in [0.1, 0.15) is 143 Å². The number of nitrogens with one attached hydrogen (secondary N) is 2. The number of Topliss-reactive ketones (excluding diaryl/α,β-unsaturated/α-hetero) is 1. The second kappa shape index (κ2) is 35.3. The number of aryl methyl sites for hydroxylation is 1. The first-order valence-corrected chi connectivity index (χ1v) is 42.1. The Morgan fingerprint density at radius 2 is 0.835 bits per heavy atom. The smallest absolute Gasteiger partial charge is 0.251 e. The van der Waals surface area contributed by atoms with Crippen LogP contribution in [0.3, 0.4) is 0 Å². The third-order valence-corrected chi connectivity index (χ3v) is 23.2. The Morgan fingerprint density at radius 1 is 0.488 bits per heavy atom. The summed E-state index contributed by atoms with van der Waals surface area (Å²) in [6.07, 6.45) is 11.1. The van der Waals surface area contributed by atoms with E-state index in [1.807, 2.05) is 79.3 Å². The number of aliphatic hydroxyl groups is 2. The number of halogens is 3. The molecule has 0 fully saturated rings. The SMILES string of the molecule is COCC(C)(C)c1c(-c2ccc(C(=O)CCCn3cncn3)cc2)c2cc3c(cc2n1-c1ccc(F)cc1)C=NC3.COCC(C)(C)c1c(-c2ccc(C(=O)NCC(C)(O)CO)cc2)c2cc3c(cc2n1-c1ccc(F)cc1)C=NC3.COCC(C)(C)c1c(-c2ccc(C(=O)NCCS(C)(=O)=O)cc2)c2cc3c(cc2n1-c1ccc(F)cc1)C=NC3. The van der Waals surface area contributed by atoms with Gasteiger partial charge in [-0.25, -0.2) is 26.6 Å². The van der Waals surface area contributed by atoms with Crippen LogP contribution in [0.2, 0.25) is 0 Å². The molecule has 0 radical (unpaired) electrons. The summed E-state index contributed by atoms with van der Waals surface area (Å²) in [7, 11) is 1.89. The molecule has 4 N–H and O–H groups in total. The molecule has 2 amide bonds. The van der Waals surface area contributed by atoms with Crippen molar-refractivity contribution in [2.75, 3.05) is 72.9 Å². The van der Waals surface area contributed by atoms with E-state index in [1.165, 1.54) is 55.2 Å². The van der Waals surface area contributed by atoms with Crippen molar-refractivity contribution in [3.8, 4) is 50.4 Å². The van der Waals surface area contributed by atoms with Crippen molar-refractivity contribution < 1.29 is 60.4 Å². The summed E-state index contributed by atoms with van der Waals surface area (Å²) in [5.74, 6) is -1.59. The lowest BCUT2D eigenvalue weighted by Crippen LogP contribution is -2.43. The molecular formula is C96H98F3N11O10S. The van der Waals surface area contributed by atoms with Gasteiger partial charge in [0, 0.05) is 172 Å². The van der Waals surface area contributed by atoms with E-state index >= 15 is 0 Å². The largest absolute Gasteiger partial charge is 0.393 e. The molecule has 0 saturated heterocycles. The molecule has 0 spiro atoms. The summed E-state index contributed by atoms with van der Waals surface area (Å²) in [5, 5.41) is 31.9. The number of carbonyl (C=O) groups excluding carboxylic acids is 3. The fraction of sp³-hybridized carbons (Fsp3) is 0.292. The van der Waals surface area contributed by atoms with Crippen LogP contribution in [0.5, 0.6) is 0 Å². The Labute approximate surface area is 701 Å². The highest BCUT2D eigenvalue weighted by Crippen LogP contribution is 2.49. The van der Waals surface area contributed by atoms with Gasteiger partial charge in [0.25, 0.3) is 11.8 Å². The van der Waals surface area contributed by atoms with E-state index in [4.69, 9.17) is 14.2 Å². The Balaban J connectivity index is 0.000000148. The minimum Gasteiger partial charge on any atom is -0.393 e. The lowest BCUT2D eigenvalue weighted by Gasteiger charge is -2.28.